The molecular formula is C19H20N2O5. The van der Waals surface area contributed by atoms with Crippen molar-refractivity contribution in [2.75, 3.05) is 18.5 Å². The number of aliphatic hydroxyl groups excluding tert-OH is 1. The molecule has 0 aliphatic rings. The highest BCUT2D eigenvalue weighted by Crippen LogP contribution is 2.12. The summed E-state index contributed by atoms with van der Waals surface area (Å²) in [5.41, 5.74) is 1.83. The highest BCUT2D eigenvalue weighted by Gasteiger charge is 2.23. The van der Waals surface area contributed by atoms with Gasteiger partial charge >= 0.3 is 5.97 Å². The van der Waals surface area contributed by atoms with E-state index in [0.29, 0.717) is 11.3 Å². The Kier molecular flexibility index (Phi) is 6.87. The number of benzene rings is 2. The summed E-state index contributed by atoms with van der Waals surface area (Å²) in [4.78, 5) is 35.9. The molecule has 0 saturated heterocycles. The first kappa shape index (κ1) is 19.1. The normalized spacial score (nSPS) is 11.3. The van der Waals surface area contributed by atoms with Crippen molar-refractivity contribution in [2.45, 2.75) is 13.0 Å². The zero-order valence-corrected chi connectivity index (χ0v) is 14.3. The Bertz CT molecular complexity index is 777. The summed E-state index contributed by atoms with van der Waals surface area (Å²) in [7, 11) is 0. The van der Waals surface area contributed by atoms with E-state index in [1.54, 1.807) is 42.5 Å². The second kappa shape index (κ2) is 9.33. The van der Waals surface area contributed by atoms with Gasteiger partial charge < -0.3 is 20.5 Å². The predicted molar refractivity (Wildman–Crippen MR) is 95.5 cm³/mol. The molecule has 2 aromatic rings. The number of aliphatic hydroxyl groups is 1. The van der Waals surface area contributed by atoms with Crippen molar-refractivity contribution in [1.82, 2.24) is 5.32 Å². The smallest absolute Gasteiger partial charge is 0.331 e. The van der Waals surface area contributed by atoms with Crippen molar-refractivity contribution in [1.29, 1.82) is 0 Å². The molecule has 0 saturated carbocycles. The summed E-state index contributed by atoms with van der Waals surface area (Å²) in [5.74, 6) is -1.93. The third-order valence-corrected chi connectivity index (χ3v) is 3.57. The molecule has 1 atom stereocenters. The minimum Gasteiger partial charge on any atom is -0.454 e. The Balaban J connectivity index is 1.86. The number of para-hydroxylation sites is 1. The van der Waals surface area contributed by atoms with Gasteiger partial charge in [0.1, 0.15) is 0 Å². The summed E-state index contributed by atoms with van der Waals surface area (Å²) in [5, 5.41) is 14.3. The van der Waals surface area contributed by atoms with Crippen LogP contribution in [0, 0.1) is 6.92 Å². The first-order chi connectivity index (χ1) is 12.5. The van der Waals surface area contributed by atoms with Crippen LogP contribution in [0.2, 0.25) is 0 Å². The molecule has 0 bridgehead atoms. The maximum Gasteiger partial charge on any atom is 0.331 e. The second-order valence-corrected chi connectivity index (χ2v) is 5.55. The fourth-order valence-corrected chi connectivity index (χ4v) is 2.15. The van der Waals surface area contributed by atoms with E-state index in [9.17, 15) is 19.5 Å². The molecular weight excluding hydrogens is 336 g/mol. The van der Waals surface area contributed by atoms with Crippen LogP contribution in [0.5, 0.6) is 0 Å². The van der Waals surface area contributed by atoms with Crippen molar-refractivity contribution in [3.63, 3.8) is 0 Å². The Morgan fingerprint density at radius 2 is 1.69 bits per heavy atom. The lowest BCUT2D eigenvalue weighted by molar-refractivity contribution is -0.150. The van der Waals surface area contributed by atoms with Gasteiger partial charge in [0.2, 0.25) is 0 Å². The molecule has 0 spiro atoms. The van der Waals surface area contributed by atoms with E-state index >= 15 is 0 Å². The molecule has 26 heavy (non-hydrogen) atoms. The van der Waals surface area contributed by atoms with E-state index < -0.39 is 37.0 Å². The van der Waals surface area contributed by atoms with Crippen molar-refractivity contribution >= 4 is 23.5 Å². The molecule has 2 amide bonds. The van der Waals surface area contributed by atoms with Crippen LogP contribution >= 0.6 is 0 Å². The van der Waals surface area contributed by atoms with Crippen molar-refractivity contribution in [3.8, 4) is 0 Å². The van der Waals surface area contributed by atoms with E-state index in [1.807, 2.05) is 19.1 Å². The number of carbonyl (C=O) groups is 3. The van der Waals surface area contributed by atoms with Gasteiger partial charge in [-0.3, -0.25) is 9.59 Å². The van der Waals surface area contributed by atoms with Crippen LogP contribution in [-0.2, 0) is 14.3 Å². The Labute approximate surface area is 151 Å². The molecule has 2 rings (SSSR count). The van der Waals surface area contributed by atoms with Gasteiger partial charge in [0.15, 0.2) is 12.6 Å². The number of anilines is 1. The van der Waals surface area contributed by atoms with Crippen LogP contribution in [0.25, 0.3) is 0 Å². The van der Waals surface area contributed by atoms with Crippen LogP contribution in [-0.4, -0.2) is 42.1 Å². The van der Waals surface area contributed by atoms with Gasteiger partial charge in [-0.05, 0) is 30.7 Å². The highest BCUT2D eigenvalue weighted by molar-refractivity contribution is 5.97. The van der Waals surface area contributed by atoms with Gasteiger partial charge in [-0.2, -0.15) is 0 Å². The van der Waals surface area contributed by atoms with Crippen LogP contribution in [0.4, 0.5) is 5.69 Å². The average Bonchev–Trinajstić information content (AvgIpc) is 2.66. The SMILES string of the molecule is Cc1ccccc1NC(=O)COC(=O)C(CO)NC(=O)c1ccccc1. The monoisotopic (exact) mass is 356 g/mol. The number of amides is 2. The van der Waals surface area contributed by atoms with E-state index in [-0.39, 0.29) is 0 Å². The van der Waals surface area contributed by atoms with E-state index in [2.05, 4.69) is 10.6 Å². The maximum absolute atomic E-state index is 12.0. The molecule has 0 fully saturated rings. The number of ether oxygens (including phenoxy) is 1. The molecule has 7 heteroatoms. The first-order valence-corrected chi connectivity index (χ1v) is 8.00. The quantitative estimate of drug-likeness (QED) is 0.648. The summed E-state index contributed by atoms with van der Waals surface area (Å²) in [6, 6.07) is 14.2. The molecule has 1 unspecified atom stereocenters. The minimum atomic E-state index is -1.26. The van der Waals surface area contributed by atoms with Crippen molar-refractivity contribution < 1.29 is 24.2 Å². The third kappa shape index (κ3) is 5.42. The molecule has 7 nitrogen and oxygen atoms in total. The zero-order valence-electron chi connectivity index (χ0n) is 14.3. The van der Waals surface area contributed by atoms with E-state index in [0.717, 1.165) is 5.56 Å². The third-order valence-electron chi connectivity index (χ3n) is 3.57. The van der Waals surface area contributed by atoms with Crippen molar-refractivity contribution in [2.24, 2.45) is 0 Å². The molecule has 0 aliphatic carbocycles. The Morgan fingerprint density at radius 1 is 1.04 bits per heavy atom. The van der Waals surface area contributed by atoms with E-state index in [1.165, 1.54) is 0 Å². The number of hydrogen-bond acceptors (Lipinski definition) is 5. The molecule has 0 radical (unpaired) electrons. The molecule has 0 aliphatic heterocycles. The minimum absolute atomic E-state index is 0.344. The Morgan fingerprint density at radius 3 is 2.35 bits per heavy atom. The van der Waals surface area contributed by atoms with Crippen LogP contribution in [0.3, 0.4) is 0 Å². The number of esters is 1. The van der Waals surface area contributed by atoms with Crippen LogP contribution in [0.15, 0.2) is 54.6 Å². The second-order valence-electron chi connectivity index (χ2n) is 5.55. The topological polar surface area (TPSA) is 105 Å². The summed E-state index contributed by atoms with van der Waals surface area (Å²) in [6.07, 6.45) is 0. The molecule has 0 aromatic heterocycles. The molecule has 0 heterocycles. The fourth-order valence-electron chi connectivity index (χ4n) is 2.15. The number of hydrogen-bond donors (Lipinski definition) is 3. The van der Waals surface area contributed by atoms with Gasteiger partial charge in [-0.25, -0.2) is 4.79 Å². The number of rotatable bonds is 7. The van der Waals surface area contributed by atoms with Gasteiger partial charge in [-0.15, -0.1) is 0 Å². The van der Waals surface area contributed by atoms with Crippen molar-refractivity contribution in [3.05, 3.63) is 65.7 Å². The number of aryl methyl sites for hydroxylation is 1. The lowest BCUT2D eigenvalue weighted by atomic mass is 10.2. The van der Waals surface area contributed by atoms with Crippen LogP contribution < -0.4 is 10.6 Å². The summed E-state index contributed by atoms with van der Waals surface area (Å²) >= 11 is 0. The standard InChI is InChI=1S/C19H20N2O5/c1-13-7-5-6-10-15(13)20-17(23)12-26-19(25)16(11-22)21-18(24)14-8-3-2-4-9-14/h2-10,16,22H,11-12H2,1H3,(H,20,23)(H,21,24). The maximum atomic E-state index is 12.0. The number of carbonyl (C=O) groups excluding carboxylic acids is 3. The van der Waals surface area contributed by atoms with Gasteiger partial charge in [0.05, 0.1) is 6.61 Å². The summed E-state index contributed by atoms with van der Waals surface area (Å²) < 4.78 is 4.88. The lowest BCUT2D eigenvalue weighted by Gasteiger charge is -2.15. The molecule has 136 valence electrons. The molecule has 2 aromatic carbocycles. The van der Waals surface area contributed by atoms with Crippen LogP contribution in [0.1, 0.15) is 15.9 Å². The fraction of sp³-hybridized carbons (Fsp3) is 0.211. The largest absolute Gasteiger partial charge is 0.454 e. The predicted octanol–water partition coefficient (Wildman–Crippen LogP) is 1.27. The molecule has 3 N–H and O–H groups in total. The van der Waals surface area contributed by atoms with E-state index in [4.69, 9.17) is 4.74 Å². The first-order valence-electron chi connectivity index (χ1n) is 8.00. The average molecular weight is 356 g/mol. The Hall–Kier alpha value is -3.19. The zero-order chi connectivity index (χ0) is 18.9. The van der Waals surface area contributed by atoms with Gasteiger partial charge in [-0.1, -0.05) is 36.4 Å². The lowest BCUT2D eigenvalue weighted by Crippen LogP contribution is -2.45. The summed E-state index contributed by atoms with van der Waals surface area (Å²) in [6.45, 7) is 0.671. The van der Waals surface area contributed by atoms with Gasteiger partial charge in [0, 0.05) is 11.3 Å². The highest BCUT2D eigenvalue weighted by atomic mass is 16.5. The van der Waals surface area contributed by atoms with Gasteiger partial charge in [0.25, 0.3) is 11.8 Å². The number of nitrogens with one attached hydrogen (secondary N) is 2.